The van der Waals surface area contributed by atoms with Crippen molar-refractivity contribution in [1.29, 1.82) is 0 Å². The van der Waals surface area contributed by atoms with Gasteiger partial charge in [0.1, 0.15) is 29.4 Å². The highest BCUT2D eigenvalue weighted by molar-refractivity contribution is 6.06. The number of aliphatic imine (C=N–C) groups is 2. The fourth-order valence-corrected chi connectivity index (χ4v) is 10.1. The molecule has 2 fully saturated rings. The molecule has 5 aliphatic heterocycles. The van der Waals surface area contributed by atoms with E-state index in [1.807, 2.05) is 74.6 Å². The van der Waals surface area contributed by atoms with Crippen LogP contribution in [-0.4, -0.2) is 106 Å². The second-order valence-corrected chi connectivity index (χ2v) is 18.5. The quantitative estimate of drug-likeness (QED) is 0.142. The number of rotatable bonds is 12. The fourth-order valence-electron chi connectivity index (χ4n) is 10.1. The van der Waals surface area contributed by atoms with E-state index in [1.54, 1.807) is 17.3 Å². The first-order chi connectivity index (χ1) is 32.3. The highest BCUT2D eigenvalue weighted by atomic mass is 19.1. The van der Waals surface area contributed by atoms with Crippen molar-refractivity contribution >= 4 is 57.5 Å². The number of aromatic nitrogens is 2. The van der Waals surface area contributed by atoms with E-state index in [0.717, 1.165) is 64.7 Å². The van der Waals surface area contributed by atoms with Gasteiger partial charge in [-0.25, -0.2) is 19.0 Å². The molecule has 2 aromatic carbocycles. The number of oxazole rings is 1. The Morgan fingerprint density at radius 2 is 1.39 bits per heavy atom. The minimum Gasteiger partial charge on any atom is -0.460 e. The number of halogens is 1. The van der Waals surface area contributed by atoms with Gasteiger partial charge in [0, 0.05) is 61.6 Å². The molecular weight excluding hydrogens is 860 g/mol. The summed E-state index contributed by atoms with van der Waals surface area (Å²) in [6.45, 7) is 10.6. The number of nitrogens with zero attached hydrogens (tertiary/aromatic N) is 6. The summed E-state index contributed by atoms with van der Waals surface area (Å²) in [6, 6.07) is 9.48. The summed E-state index contributed by atoms with van der Waals surface area (Å²) in [5, 5.41) is 6.27. The Hall–Kier alpha value is -6.78. The lowest BCUT2D eigenvalue weighted by Crippen LogP contribution is -2.53. The van der Waals surface area contributed by atoms with Crippen molar-refractivity contribution in [3.8, 4) is 17.0 Å². The normalized spacial score (nSPS) is 20.8. The van der Waals surface area contributed by atoms with Crippen LogP contribution in [0.1, 0.15) is 102 Å². The van der Waals surface area contributed by atoms with E-state index in [-0.39, 0.29) is 35.7 Å². The van der Waals surface area contributed by atoms with Crippen LogP contribution >= 0.6 is 0 Å². The Labute approximate surface area is 388 Å². The van der Waals surface area contributed by atoms with Crippen molar-refractivity contribution in [2.24, 2.45) is 21.8 Å². The number of hydrogen-bond acceptors (Lipinski definition) is 11. The predicted molar refractivity (Wildman–Crippen MR) is 250 cm³/mol. The summed E-state index contributed by atoms with van der Waals surface area (Å²) < 4.78 is 41.3. The molecule has 2 aromatic heterocycles. The molecule has 0 saturated carbocycles. The van der Waals surface area contributed by atoms with E-state index in [4.69, 9.17) is 28.6 Å². The number of aryl methyl sites for hydroxylation is 1. The molecule has 5 atom stereocenters. The van der Waals surface area contributed by atoms with Crippen molar-refractivity contribution in [3.05, 3.63) is 83.6 Å². The van der Waals surface area contributed by atoms with E-state index >= 15 is 4.39 Å². The smallest absolute Gasteiger partial charge is 0.407 e. The van der Waals surface area contributed by atoms with E-state index in [9.17, 15) is 19.2 Å². The van der Waals surface area contributed by atoms with Crippen molar-refractivity contribution in [2.45, 2.75) is 110 Å². The first kappa shape index (κ1) is 45.4. The Morgan fingerprint density at radius 1 is 0.806 bits per heavy atom. The molecule has 0 spiro atoms. The van der Waals surface area contributed by atoms with Gasteiger partial charge in [-0.05, 0) is 90.1 Å². The molecule has 4 amide bonds. The third-order valence-corrected chi connectivity index (χ3v) is 13.6. The first-order valence-electron chi connectivity index (χ1n) is 23.2. The summed E-state index contributed by atoms with van der Waals surface area (Å²) in [4.78, 5) is 69.7. The largest absolute Gasteiger partial charge is 0.460 e. The minimum atomic E-state index is -0.842. The zero-order valence-corrected chi connectivity index (χ0v) is 38.9. The fraction of sp³-hybridized carbons (Fsp3) is 0.460. The molecule has 2 saturated heterocycles. The van der Waals surface area contributed by atoms with Gasteiger partial charge in [0.2, 0.25) is 11.8 Å². The second kappa shape index (κ2) is 18.5. The standard InChI is InChI=1S/C50H57FN8O8/c1-8-33-25-54-45(66-33)48-59-37-14-13-28(31-19-35(52-23-31)38-11-9-15-57(38)46(60)43(26(2)3)55-49(62)64-6)17-30(37)21-40(59)42-34(51)18-29(22-41(42)67-48)32-20-36(53-24-32)39-12-10-16-58(39)47(61)44(27(4)5)56-50(63)65-7/h13-14,17-18,21-27,38-39,43-44,48H,8-12,15-16,19-20H2,1-7H3,(H,55,62)(H,56,63)/t38-,39-,43-,44-,48?/m0/s1. The van der Waals surface area contributed by atoms with Crippen LogP contribution in [0.2, 0.25) is 0 Å². The number of fused-ring (bicyclic) bond motifs is 5. The number of likely N-dealkylation sites (tertiary alicyclic amines) is 2. The SMILES string of the molecule is CCc1cnc(C2Oc3cc(C4=CN=C([C@@H]5CCCN5C(=O)[C@@H](NC(=O)OC)C(C)C)C4)cc(F)c3-c3cc4cc(C5=CN=C([C@@H]6CCCN6C(=O)[C@@H](NC(=O)OC)C(C)C)C5)ccc4n32)o1. The molecule has 5 aliphatic rings. The monoisotopic (exact) mass is 916 g/mol. The van der Waals surface area contributed by atoms with Gasteiger partial charge in [0.15, 0.2) is 0 Å². The summed E-state index contributed by atoms with van der Waals surface area (Å²) in [6.07, 6.45) is 7.85. The average Bonchev–Trinajstić information content (AvgIpc) is 4.18. The predicted octanol–water partition coefficient (Wildman–Crippen LogP) is 8.05. The number of nitrogens with one attached hydrogen (secondary N) is 2. The van der Waals surface area contributed by atoms with Crippen molar-refractivity contribution in [3.63, 3.8) is 0 Å². The van der Waals surface area contributed by atoms with Crippen molar-refractivity contribution in [2.75, 3.05) is 27.3 Å². The Kier molecular flexibility index (Phi) is 12.5. The molecule has 16 nitrogen and oxygen atoms in total. The van der Waals surface area contributed by atoms with Gasteiger partial charge in [-0.15, -0.1) is 0 Å². The van der Waals surface area contributed by atoms with Gasteiger partial charge in [-0.3, -0.25) is 24.1 Å². The molecule has 4 aromatic rings. The van der Waals surface area contributed by atoms with Gasteiger partial charge in [-0.1, -0.05) is 40.7 Å². The van der Waals surface area contributed by atoms with E-state index in [1.165, 1.54) is 20.3 Å². The number of carbonyl (C=O) groups is 4. The van der Waals surface area contributed by atoms with Gasteiger partial charge in [0.25, 0.3) is 12.1 Å². The Morgan fingerprint density at radius 3 is 1.93 bits per heavy atom. The molecule has 1 unspecified atom stereocenters. The number of hydrogen-bond donors (Lipinski definition) is 2. The average molecular weight is 917 g/mol. The van der Waals surface area contributed by atoms with Crippen LogP contribution in [0.4, 0.5) is 14.0 Å². The highest BCUT2D eigenvalue weighted by Gasteiger charge is 2.41. The van der Waals surface area contributed by atoms with Crippen LogP contribution in [0.15, 0.2) is 69.4 Å². The van der Waals surface area contributed by atoms with Crippen LogP contribution in [0.25, 0.3) is 33.3 Å². The number of ether oxygens (including phenoxy) is 3. The van der Waals surface area contributed by atoms with Gasteiger partial charge < -0.3 is 39.1 Å². The summed E-state index contributed by atoms with van der Waals surface area (Å²) in [5.74, 6) is 0.257. The first-order valence-corrected chi connectivity index (χ1v) is 23.2. The summed E-state index contributed by atoms with van der Waals surface area (Å²) >= 11 is 0. The molecular formula is C50H57FN8O8. The molecule has 0 bridgehead atoms. The Bertz CT molecular complexity index is 2770. The summed E-state index contributed by atoms with van der Waals surface area (Å²) in [5.41, 5.74) is 6.75. The van der Waals surface area contributed by atoms with Gasteiger partial charge >= 0.3 is 12.2 Å². The lowest BCUT2D eigenvalue weighted by molar-refractivity contribution is -0.134. The van der Waals surface area contributed by atoms with Crippen LogP contribution in [0, 0.1) is 17.7 Å². The van der Waals surface area contributed by atoms with Crippen LogP contribution < -0.4 is 15.4 Å². The van der Waals surface area contributed by atoms with Crippen LogP contribution in [0.5, 0.6) is 5.75 Å². The molecule has 0 radical (unpaired) electrons. The third-order valence-electron chi connectivity index (χ3n) is 13.6. The number of allylic oxidation sites excluding steroid dienone is 2. The maximum absolute atomic E-state index is 16.8. The topological polar surface area (TPSA) is 182 Å². The molecule has 352 valence electrons. The van der Waals surface area contributed by atoms with Crippen molar-refractivity contribution < 1.29 is 42.2 Å². The number of carbonyl (C=O) groups excluding carboxylic acids is 4. The number of amides is 4. The second-order valence-electron chi connectivity index (χ2n) is 18.5. The lowest BCUT2D eigenvalue weighted by Gasteiger charge is -2.31. The number of methoxy groups -OCH3 is 2. The number of alkyl carbamates (subject to hydrolysis) is 2. The van der Waals surface area contributed by atoms with Crippen LogP contribution in [-0.2, 0) is 25.5 Å². The third kappa shape index (κ3) is 8.48. The highest BCUT2D eigenvalue weighted by Crippen LogP contribution is 2.47. The molecule has 67 heavy (non-hydrogen) atoms. The van der Waals surface area contributed by atoms with E-state index in [2.05, 4.69) is 21.7 Å². The zero-order valence-electron chi connectivity index (χ0n) is 38.9. The van der Waals surface area contributed by atoms with Crippen LogP contribution in [0.3, 0.4) is 0 Å². The van der Waals surface area contributed by atoms with Crippen molar-refractivity contribution in [1.82, 2.24) is 30.0 Å². The summed E-state index contributed by atoms with van der Waals surface area (Å²) in [7, 11) is 2.55. The Balaban J connectivity index is 0.973. The van der Waals surface area contributed by atoms with E-state index in [0.29, 0.717) is 66.6 Å². The van der Waals surface area contributed by atoms with Gasteiger partial charge in [0.05, 0.1) is 49.3 Å². The molecule has 7 heterocycles. The molecule has 9 rings (SSSR count). The zero-order chi connectivity index (χ0) is 47.3. The molecule has 17 heteroatoms. The number of benzene rings is 2. The van der Waals surface area contributed by atoms with E-state index < -0.39 is 36.3 Å². The lowest BCUT2D eigenvalue weighted by atomic mass is 9.95. The maximum Gasteiger partial charge on any atom is 0.407 e. The minimum absolute atomic E-state index is 0.138. The molecule has 2 N–H and O–H groups in total. The maximum atomic E-state index is 16.8. The van der Waals surface area contributed by atoms with Gasteiger partial charge in [-0.2, -0.15) is 0 Å². The molecule has 0 aliphatic carbocycles.